The van der Waals surface area contributed by atoms with Crippen molar-refractivity contribution in [3.05, 3.63) is 53.5 Å². The topological polar surface area (TPSA) is 81.9 Å². The first-order valence-electron chi connectivity index (χ1n) is 7.61. The maximum absolute atomic E-state index is 13.0. The highest BCUT2D eigenvalue weighted by molar-refractivity contribution is 5.94. The third kappa shape index (κ3) is 5.12. The number of hydrogen-bond donors (Lipinski definition) is 0. The van der Waals surface area contributed by atoms with Crippen LogP contribution in [0.1, 0.15) is 33.2 Å². The van der Waals surface area contributed by atoms with Crippen LogP contribution in [0.25, 0.3) is 0 Å². The number of carbonyl (C=O) groups is 2. The minimum Gasteiger partial charge on any atom is -0.464 e. The van der Waals surface area contributed by atoms with Gasteiger partial charge in [0.1, 0.15) is 12.1 Å². The monoisotopic (exact) mass is 350 g/mol. The third-order valence-electron chi connectivity index (χ3n) is 3.43. The Morgan fingerprint density at radius 2 is 1.96 bits per heavy atom. The average molecular weight is 350 g/mol. The number of ether oxygens (including phenoxy) is 2. The maximum atomic E-state index is 13.0. The van der Waals surface area contributed by atoms with Crippen LogP contribution in [0.3, 0.4) is 0 Å². The lowest BCUT2D eigenvalue weighted by Gasteiger charge is -2.21. The minimum atomic E-state index is -0.620. The van der Waals surface area contributed by atoms with E-state index < -0.39 is 11.8 Å². The number of methoxy groups -OCH3 is 2. The van der Waals surface area contributed by atoms with Gasteiger partial charge in [0.2, 0.25) is 5.89 Å². The van der Waals surface area contributed by atoms with Crippen molar-refractivity contribution in [2.75, 3.05) is 27.4 Å². The Bertz CT molecular complexity index is 714. The summed E-state index contributed by atoms with van der Waals surface area (Å²) in [7, 11) is 2.81. The molecule has 0 fully saturated rings. The summed E-state index contributed by atoms with van der Waals surface area (Å²) in [6.07, 6.45) is 1.78. The zero-order valence-corrected chi connectivity index (χ0v) is 14.0. The molecule has 2 rings (SSSR count). The fourth-order valence-electron chi connectivity index (χ4n) is 2.17. The second kappa shape index (κ2) is 8.93. The van der Waals surface area contributed by atoms with Crippen LogP contribution in [0.15, 0.2) is 34.9 Å². The number of esters is 1. The summed E-state index contributed by atoms with van der Waals surface area (Å²) < 4.78 is 27.9. The Labute approximate surface area is 144 Å². The Morgan fingerprint density at radius 1 is 1.24 bits per heavy atom. The van der Waals surface area contributed by atoms with E-state index in [4.69, 9.17) is 9.15 Å². The number of oxazole rings is 1. The van der Waals surface area contributed by atoms with Crippen LogP contribution < -0.4 is 0 Å². The van der Waals surface area contributed by atoms with Gasteiger partial charge in [-0.15, -0.1) is 0 Å². The Morgan fingerprint density at radius 3 is 2.60 bits per heavy atom. The quantitative estimate of drug-likeness (QED) is 0.537. The highest BCUT2D eigenvalue weighted by atomic mass is 19.1. The summed E-state index contributed by atoms with van der Waals surface area (Å²) in [6.45, 7) is 0.934. The molecule has 0 atom stereocenters. The van der Waals surface area contributed by atoms with E-state index in [-0.39, 0.29) is 24.0 Å². The molecule has 1 aromatic carbocycles. The molecule has 25 heavy (non-hydrogen) atoms. The summed E-state index contributed by atoms with van der Waals surface area (Å²) in [6, 6.07) is 5.27. The van der Waals surface area contributed by atoms with Crippen LogP contribution in [-0.2, 0) is 16.0 Å². The van der Waals surface area contributed by atoms with Gasteiger partial charge in [0.25, 0.3) is 5.91 Å². The van der Waals surface area contributed by atoms with Gasteiger partial charge in [-0.05, 0) is 30.7 Å². The largest absolute Gasteiger partial charge is 0.464 e. The molecule has 1 heterocycles. The second-order valence-electron chi connectivity index (χ2n) is 5.20. The van der Waals surface area contributed by atoms with Gasteiger partial charge in [0.15, 0.2) is 5.69 Å². The van der Waals surface area contributed by atoms with Gasteiger partial charge < -0.3 is 18.8 Å². The van der Waals surface area contributed by atoms with Crippen LogP contribution in [0, 0.1) is 5.82 Å². The van der Waals surface area contributed by atoms with Crippen LogP contribution in [0.5, 0.6) is 0 Å². The van der Waals surface area contributed by atoms with Crippen LogP contribution in [0.2, 0.25) is 0 Å². The molecule has 0 aliphatic heterocycles. The molecule has 0 bridgehead atoms. The molecule has 0 saturated heterocycles. The summed E-state index contributed by atoms with van der Waals surface area (Å²) in [5, 5.41) is 0. The van der Waals surface area contributed by atoms with Gasteiger partial charge in [0, 0.05) is 25.8 Å². The lowest BCUT2D eigenvalue weighted by atomic mass is 10.2. The van der Waals surface area contributed by atoms with Crippen LogP contribution in [0.4, 0.5) is 4.39 Å². The van der Waals surface area contributed by atoms with E-state index in [0.717, 1.165) is 0 Å². The molecule has 0 saturated carbocycles. The molecule has 0 radical (unpaired) electrons. The molecular weight excluding hydrogens is 331 g/mol. The third-order valence-corrected chi connectivity index (χ3v) is 3.43. The molecule has 0 aliphatic carbocycles. The van der Waals surface area contributed by atoms with Gasteiger partial charge in [-0.2, -0.15) is 0 Å². The molecular formula is C17H19FN2O5. The van der Waals surface area contributed by atoms with Crippen molar-refractivity contribution in [2.45, 2.75) is 13.0 Å². The van der Waals surface area contributed by atoms with Crippen LogP contribution in [-0.4, -0.2) is 49.1 Å². The van der Waals surface area contributed by atoms with Crippen molar-refractivity contribution in [2.24, 2.45) is 0 Å². The van der Waals surface area contributed by atoms with Gasteiger partial charge in [-0.3, -0.25) is 4.79 Å². The summed E-state index contributed by atoms with van der Waals surface area (Å²) >= 11 is 0. The summed E-state index contributed by atoms with van der Waals surface area (Å²) in [5.41, 5.74) is 0.377. The van der Waals surface area contributed by atoms with E-state index in [1.165, 1.54) is 42.5 Å². The molecule has 1 aromatic heterocycles. The van der Waals surface area contributed by atoms with Gasteiger partial charge in [-0.1, -0.05) is 0 Å². The normalized spacial score (nSPS) is 10.5. The molecule has 2 aromatic rings. The van der Waals surface area contributed by atoms with E-state index in [1.54, 1.807) is 7.11 Å². The zero-order chi connectivity index (χ0) is 18.2. The van der Waals surface area contributed by atoms with E-state index in [1.807, 2.05) is 0 Å². The van der Waals surface area contributed by atoms with Crippen molar-refractivity contribution < 1.29 is 27.9 Å². The molecule has 7 nitrogen and oxygen atoms in total. The van der Waals surface area contributed by atoms with E-state index in [0.29, 0.717) is 25.1 Å². The standard InChI is InChI=1S/C17H19FN2O5/c1-23-9-3-8-20(16(21)12-4-6-13(18)7-5-12)10-15-19-14(11-25-15)17(22)24-2/h4-7,11H,3,8-10H2,1-2H3. The summed E-state index contributed by atoms with van der Waals surface area (Å²) in [5.74, 6) is -1.13. The van der Waals surface area contributed by atoms with E-state index in [2.05, 4.69) is 9.72 Å². The van der Waals surface area contributed by atoms with Gasteiger partial charge in [0.05, 0.1) is 13.7 Å². The lowest BCUT2D eigenvalue weighted by molar-refractivity contribution is 0.0594. The summed E-state index contributed by atoms with van der Waals surface area (Å²) in [4.78, 5) is 29.6. The average Bonchev–Trinajstić information content (AvgIpc) is 3.09. The number of amides is 1. The smallest absolute Gasteiger partial charge is 0.360 e. The first kappa shape index (κ1) is 18.6. The molecule has 0 spiro atoms. The molecule has 8 heteroatoms. The predicted molar refractivity (Wildman–Crippen MR) is 85.5 cm³/mol. The predicted octanol–water partition coefficient (Wildman–Crippen LogP) is 2.28. The SMILES string of the molecule is COCCCN(Cc1nc(C(=O)OC)co1)C(=O)c1ccc(F)cc1. The Balaban J connectivity index is 2.14. The highest BCUT2D eigenvalue weighted by Gasteiger charge is 2.20. The van der Waals surface area contributed by atoms with E-state index in [9.17, 15) is 14.0 Å². The second-order valence-corrected chi connectivity index (χ2v) is 5.20. The zero-order valence-electron chi connectivity index (χ0n) is 14.0. The van der Waals surface area contributed by atoms with Crippen LogP contribution >= 0.6 is 0 Å². The van der Waals surface area contributed by atoms with E-state index >= 15 is 0 Å². The molecule has 1 amide bonds. The van der Waals surface area contributed by atoms with Crippen molar-refractivity contribution in [1.82, 2.24) is 9.88 Å². The Kier molecular flexibility index (Phi) is 6.64. The first-order valence-corrected chi connectivity index (χ1v) is 7.61. The van der Waals surface area contributed by atoms with Gasteiger partial charge in [-0.25, -0.2) is 14.2 Å². The van der Waals surface area contributed by atoms with Gasteiger partial charge >= 0.3 is 5.97 Å². The molecule has 134 valence electrons. The van der Waals surface area contributed by atoms with Crippen molar-refractivity contribution in [3.8, 4) is 0 Å². The number of benzene rings is 1. The number of hydrogen-bond acceptors (Lipinski definition) is 6. The number of nitrogens with zero attached hydrogens (tertiary/aromatic N) is 2. The number of carbonyl (C=O) groups excluding carboxylic acids is 2. The molecule has 0 aliphatic rings. The lowest BCUT2D eigenvalue weighted by Crippen LogP contribution is -2.32. The Hall–Kier alpha value is -2.74. The molecule has 0 unspecified atom stereocenters. The number of aromatic nitrogens is 1. The molecule has 0 N–H and O–H groups in total. The first-order chi connectivity index (χ1) is 12.0. The fourth-order valence-corrected chi connectivity index (χ4v) is 2.17. The fraction of sp³-hybridized carbons (Fsp3) is 0.353. The number of halogens is 1. The maximum Gasteiger partial charge on any atom is 0.360 e. The van der Waals surface area contributed by atoms with Crippen molar-refractivity contribution in [3.63, 3.8) is 0 Å². The highest BCUT2D eigenvalue weighted by Crippen LogP contribution is 2.12. The van der Waals surface area contributed by atoms with Crippen molar-refractivity contribution in [1.29, 1.82) is 0 Å². The number of rotatable bonds is 8. The minimum absolute atomic E-state index is 0.0311. The van der Waals surface area contributed by atoms with Crippen molar-refractivity contribution >= 4 is 11.9 Å².